The Morgan fingerprint density at radius 2 is 1.78 bits per heavy atom. The second kappa shape index (κ2) is 7.97. The molecule has 1 aliphatic carbocycles. The van der Waals surface area contributed by atoms with E-state index in [-0.39, 0.29) is 17.9 Å². The Morgan fingerprint density at radius 3 is 2.43 bits per heavy atom. The van der Waals surface area contributed by atoms with Gasteiger partial charge in [0.1, 0.15) is 6.10 Å². The molecule has 2 atom stereocenters. The van der Waals surface area contributed by atoms with Crippen molar-refractivity contribution in [2.75, 3.05) is 0 Å². The minimum absolute atomic E-state index is 0.215. The average molecular weight is 322 g/mol. The van der Waals surface area contributed by atoms with Gasteiger partial charge in [-0.05, 0) is 43.7 Å². The SMILES string of the molecule is Cc1cccc(C(=O)OOOC(=O)OC2C(C)CCCC2C)c1. The number of carbonyl (C=O) groups is 2. The number of benzene rings is 1. The first-order valence-electron chi connectivity index (χ1n) is 7.80. The molecule has 0 radical (unpaired) electrons. The summed E-state index contributed by atoms with van der Waals surface area (Å²) in [5, 5.41) is 4.24. The van der Waals surface area contributed by atoms with Gasteiger partial charge in [0.2, 0.25) is 0 Å². The number of rotatable bonds is 4. The van der Waals surface area contributed by atoms with Crippen LogP contribution in [0.4, 0.5) is 4.79 Å². The fourth-order valence-corrected chi connectivity index (χ4v) is 2.91. The van der Waals surface area contributed by atoms with Crippen LogP contribution in [0, 0.1) is 18.8 Å². The van der Waals surface area contributed by atoms with Crippen LogP contribution in [0.25, 0.3) is 0 Å². The van der Waals surface area contributed by atoms with Gasteiger partial charge in [0, 0.05) is 0 Å². The zero-order chi connectivity index (χ0) is 16.8. The maximum absolute atomic E-state index is 11.7. The molecule has 0 heterocycles. The fraction of sp³-hybridized carbons (Fsp3) is 0.529. The Kier molecular flexibility index (Phi) is 5.98. The third kappa shape index (κ3) is 4.96. The van der Waals surface area contributed by atoms with Crippen molar-refractivity contribution in [2.24, 2.45) is 11.8 Å². The predicted octanol–water partition coefficient (Wildman–Crippen LogP) is 3.98. The van der Waals surface area contributed by atoms with E-state index in [1.54, 1.807) is 18.2 Å². The summed E-state index contributed by atoms with van der Waals surface area (Å²) in [6.45, 7) is 5.91. The van der Waals surface area contributed by atoms with Gasteiger partial charge in [0.25, 0.3) is 0 Å². The standard InChI is InChI=1S/C17H22O6/c1-11-6-4-9-14(10-11)16(18)21-23-22-17(19)20-15-12(2)7-5-8-13(15)3/h4,6,9-10,12-13,15H,5,7-8H2,1-3H3. The van der Waals surface area contributed by atoms with Gasteiger partial charge in [0.15, 0.2) is 0 Å². The Bertz CT molecular complexity index is 546. The smallest absolute Gasteiger partial charge is 0.428 e. The Hall–Kier alpha value is -2.08. The molecule has 0 bridgehead atoms. The van der Waals surface area contributed by atoms with Gasteiger partial charge in [-0.3, -0.25) is 4.89 Å². The third-order valence-corrected chi connectivity index (χ3v) is 4.14. The molecule has 0 aliphatic heterocycles. The van der Waals surface area contributed by atoms with Gasteiger partial charge < -0.3 is 4.74 Å². The quantitative estimate of drug-likeness (QED) is 0.474. The highest BCUT2D eigenvalue weighted by atomic mass is 17.5. The first kappa shape index (κ1) is 17.3. The maximum atomic E-state index is 11.7. The number of aryl methyl sites for hydroxylation is 1. The molecule has 0 saturated heterocycles. The van der Waals surface area contributed by atoms with E-state index in [4.69, 9.17) is 4.74 Å². The summed E-state index contributed by atoms with van der Waals surface area (Å²) in [6.07, 6.45) is 1.92. The normalized spacial score (nSPS) is 23.9. The van der Waals surface area contributed by atoms with Crippen LogP contribution < -0.4 is 0 Å². The summed E-state index contributed by atoms with van der Waals surface area (Å²) < 4.78 is 5.25. The van der Waals surface area contributed by atoms with Crippen LogP contribution in [0.5, 0.6) is 0 Å². The highest BCUT2D eigenvalue weighted by Crippen LogP contribution is 2.31. The summed E-state index contributed by atoms with van der Waals surface area (Å²) in [6, 6.07) is 6.77. The molecule has 1 aliphatic rings. The molecule has 2 rings (SSSR count). The lowest BCUT2D eigenvalue weighted by atomic mass is 9.81. The lowest BCUT2D eigenvalue weighted by molar-refractivity contribution is -0.453. The maximum Gasteiger partial charge on any atom is 0.543 e. The number of ether oxygens (including phenoxy) is 1. The molecule has 0 spiro atoms. The molecule has 6 nitrogen and oxygen atoms in total. The average Bonchev–Trinajstić information content (AvgIpc) is 2.51. The van der Waals surface area contributed by atoms with Crippen molar-refractivity contribution >= 4 is 12.1 Å². The lowest BCUT2D eigenvalue weighted by Crippen LogP contribution is -2.35. The van der Waals surface area contributed by atoms with E-state index in [2.05, 4.69) is 14.8 Å². The first-order chi connectivity index (χ1) is 11.0. The van der Waals surface area contributed by atoms with E-state index in [0.29, 0.717) is 5.56 Å². The second-order valence-electron chi connectivity index (χ2n) is 6.11. The summed E-state index contributed by atoms with van der Waals surface area (Å²) >= 11 is 0. The van der Waals surface area contributed by atoms with Crippen LogP contribution in [0.3, 0.4) is 0 Å². The molecule has 0 aromatic heterocycles. The number of carbonyl (C=O) groups excluding carboxylic acids is 2. The minimum atomic E-state index is -1.01. The Morgan fingerprint density at radius 1 is 1.09 bits per heavy atom. The number of hydrogen-bond donors (Lipinski definition) is 0. The second-order valence-corrected chi connectivity index (χ2v) is 6.11. The van der Waals surface area contributed by atoms with E-state index >= 15 is 0 Å². The predicted molar refractivity (Wildman–Crippen MR) is 81.2 cm³/mol. The molecule has 0 N–H and O–H groups in total. The van der Waals surface area contributed by atoms with Crippen molar-refractivity contribution in [1.29, 1.82) is 0 Å². The molecule has 1 fully saturated rings. The minimum Gasteiger partial charge on any atom is -0.428 e. The zero-order valence-corrected chi connectivity index (χ0v) is 13.6. The van der Waals surface area contributed by atoms with Gasteiger partial charge >= 0.3 is 12.1 Å². The summed E-state index contributed by atoms with van der Waals surface area (Å²) in [5.74, 6) is -0.219. The van der Waals surface area contributed by atoms with Crippen LogP contribution in [0.2, 0.25) is 0 Å². The van der Waals surface area contributed by atoms with Crippen molar-refractivity contribution in [2.45, 2.75) is 46.1 Å². The van der Waals surface area contributed by atoms with Gasteiger partial charge in [-0.1, -0.05) is 38.0 Å². The molecular formula is C17H22O6. The van der Waals surface area contributed by atoms with E-state index < -0.39 is 12.1 Å². The van der Waals surface area contributed by atoms with Gasteiger partial charge in [-0.15, -0.1) is 0 Å². The van der Waals surface area contributed by atoms with Crippen LogP contribution in [-0.4, -0.2) is 18.2 Å². The number of hydrogen-bond acceptors (Lipinski definition) is 6. The zero-order valence-electron chi connectivity index (χ0n) is 13.6. The van der Waals surface area contributed by atoms with Crippen LogP contribution in [-0.2, 0) is 19.6 Å². The summed E-state index contributed by atoms with van der Waals surface area (Å²) in [5.41, 5.74) is 1.21. The molecule has 0 amide bonds. The summed E-state index contributed by atoms with van der Waals surface area (Å²) in [4.78, 5) is 32.1. The fourth-order valence-electron chi connectivity index (χ4n) is 2.91. The van der Waals surface area contributed by atoms with E-state index in [1.165, 1.54) is 0 Å². The molecule has 1 aromatic carbocycles. The molecule has 2 unspecified atom stereocenters. The van der Waals surface area contributed by atoms with Gasteiger partial charge in [-0.2, -0.15) is 0 Å². The first-order valence-corrected chi connectivity index (χ1v) is 7.80. The van der Waals surface area contributed by atoms with E-state index in [9.17, 15) is 9.59 Å². The largest absolute Gasteiger partial charge is 0.543 e. The highest BCUT2D eigenvalue weighted by molar-refractivity contribution is 5.89. The Balaban J connectivity index is 1.75. The van der Waals surface area contributed by atoms with Crippen molar-refractivity contribution in [3.63, 3.8) is 0 Å². The van der Waals surface area contributed by atoms with Crippen molar-refractivity contribution < 1.29 is 29.1 Å². The lowest BCUT2D eigenvalue weighted by Gasteiger charge is -2.32. The van der Waals surface area contributed by atoms with Crippen LogP contribution in [0.15, 0.2) is 24.3 Å². The summed E-state index contributed by atoms with van der Waals surface area (Å²) in [7, 11) is 0. The van der Waals surface area contributed by atoms with Crippen molar-refractivity contribution in [3.05, 3.63) is 35.4 Å². The van der Waals surface area contributed by atoms with Crippen LogP contribution >= 0.6 is 0 Å². The highest BCUT2D eigenvalue weighted by Gasteiger charge is 2.31. The topological polar surface area (TPSA) is 71.1 Å². The molecular weight excluding hydrogens is 300 g/mol. The van der Waals surface area contributed by atoms with E-state index in [1.807, 2.05) is 26.8 Å². The van der Waals surface area contributed by atoms with Gasteiger partial charge in [0.05, 0.1) is 10.6 Å². The van der Waals surface area contributed by atoms with Crippen molar-refractivity contribution in [1.82, 2.24) is 0 Å². The Labute approximate surface area is 135 Å². The van der Waals surface area contributed by atoms with Crippen LogP contribution in [0.1, 0.15) is 49.0 Å². The third-order valence-electron chi connectivity index (χ3n) is 4.14. The van der Waals surface area contributed by atoms with Gasteiger partial charge in [-0.25, -0.2) is 14.5 Å². The molecule has 1 saturated carbocycles. The molecule has 1 aromatic rings. The molecule has 6 heteroatoms. The molecule has 126 valence electrons. The van der Waals surface area contributed by atoms with E-state index in [0.717, 1.165) is 24.8 Å². The monoisotopic (exact) mass is 322 g/mol. The molecule has 23 heavy (non-hydrogen) atoms. The van der Waals surface area contributed by atoms with Crippen molar-refractivity contribution in [3.8, 4) is 0 Å².